The number of rotatable bonds is 2. The zero-order chi connectivity index (χ0) is 9.14. The van der Waals surface area contributed by atoms with Crippen LogP contribution in [0.3, 0.4) is 0 Å². The van der Waals surface area contributed by atoms with Crippen molar-refractivity contribution in [1.82, 2.24) is 0 Å². The summed E-state index contributed by atoms with van der Waals surface area (Å²) >= 11 is 0. The number of hydrogen-bond acceptors (Lipinski definition) is 4. The monoisotopic (exact) mass is 176 g/mol. The molecule has 4 unspecified atom stereocenters. The van der Waals surface area contributed by atoms with E-state index in [1.165, 1.54) is 7.11 Å². The third-order valence-corrected chi connectivity index (χ3v) is 2.20. The van der Waals surface area contributed by atoms with Crippen LogP contribution in [0, 0.1) is 0 Å². The molecule has 1 heterocycles. The van der Waals surface area contributed by atoms with Gasteiger partial charge in [-0.2, -0.15) is 0 Å². The normalized spacial score (nSPS) is 43.0. The highest BCUT2D eigenvalue weighted by Gasteiger charge is 2.35. The van der Waals surface area contributed by atoms with Gasteiger partial charge in [0.1, 0.15) is 6.10 Å². The maximum absolute atomic E-state index is 9.42. The van der Waals surface area contributed by atoms with E-state index in [2.05, 4.69) is 0 Å². The highest BCUT2D eigenvalue weighted by atomic mass is 16.7. The fourth-order valence-corrected chi connectivity index (χ4v) is 1.40. The van der Waals surface area contributed by atoms with Crippen LogP contribution in [0.25, 0.3) is 0 Å². The van der Waals surface area contributed by atoms with E-state index >= 15 is 0 Å². The Balaban J connectivity index is 2.52. The molecule has 72 valence electrons. The lowest BCUT2D eigenvalue weighted by Gasteiger charge is -2.35. The van der Waals surface area contributed by atoms with Crippen molar-refractivity contribution in [3.05, 3.63) is 0 Å². The van der Waals surface area contributed by atoms with Gasteiger partial charge in [-0.3, -0.25) is 0 Å². The van der Waals surface area contributed by atoms with Crippen molar-refractivity contribution >= 4 is 0 Å². The maximum Gasteiger partial charge on any atom is 0.160 e. The zero-order valence-corrected chi connectivity index (χ0v) is 7.43. The molecule has 1 fully saturated rings. The first kappa shape index (κ1) is 9.92. The van der Waals surface area contributed by atoms with Crippen LogP contribution in [0.15, 0.2) is 0 Å². The molecule has 0 bridgehead atoms. The predicted octanol–water partition coefficient (Wildman–Crippen LogP) is -0.120. The van der Waals surface area contributed by atoms with Gasteiger partial charge in [0.25, 0.3) is 0 Å². The third-order valence-electron chi connectivity index (χ3n) is 2.20. The third kappa shape index (κ3) is 1.95. The Morgan fingerprint density at radius 1 is 1.50 bits per heavy atom. The second-order valence-corrected chi connectivity index (χ2v) is 3.04. The minimum atomic E-state index is -0.776. The lowest BCUT2D eigenvalue weighted by atomic mass is 10.00. The van der Waals surface area contributed by atoms with Gasteiger partial charge in [0.05, 0.1) is 12.2 Å². The Bertz CT molecular complexity index is 139. The van der Waals surface area contributed by atoms with Crippen LogP contribution in [-0.2, 0) is 9.47 Å². The fourth-order valence-electron chi connectivity index (χ4n) is 1.40. The summed E-state index contributed by atoms with van der Waals surface area (Å²) in [5.41, 5.74) is 0. The smallest absolute Gasteiger partial charge is 0.160 e. The number of aliphatic hydroxyl groups is 2. The van der Waals surface area contributed by atoms with Crippen molar-refractivity contribution in [2.45, 2.75) is 44.4 Å². The van der Waals surface area contributed by atoms with E-state index in [-0.39, 0.29) is 12.4 Å². The molecule has 1 saturated heterocycles. The molecule has 12 heavy (non-hydrogen) atoms. The molecule has 0 saturated carbocycles. The maximum atomic E-state index is 9.42. The Hall–Kier alpha value is -0.160. The molecule has 4 atom stereocenters. The first-order chi connectivity index (χ1) is 5.69. The molecule has 0 spiro atoms. The number of ether oxygens (including phenoxy) is 2. The van der Waals surface area contributed by atoms with Crippen LogP contribution in [0.1, 0.15) is 19.8 Å². The molecule has 0 aliphatic carbocycles. The van der Waals surface area contributed by atoms with Crippen molar-refractivity contribution in [1.29, 1.82) is 0 Å². The summed E-state index contributed by atoms with van der Waals surface area (Å²) in [5.74, 6) is 0. The van der Waals surface area contributed by atoms with Gasteiger partial charge in [0, 0.05) is 13.5 Å². The molecule has 0 radical (unpaired) electrons. The van der Waals surface area contributed by atoms with Gasteiger partial charge >= 0.3 is 0 Å². The fraction of sp³-hybridized carbons (Fsp3) is 1.00. The molecule has 1 aliphatic heterocycles. The number of methoxy groups -OCH3 is 1. The summed E-state index contributed by atoms with van der Waals surface area (Å²) < 4.78 is 10.3. The summed E-state index contributed by atoms with van der Waals surface area (Å²) in [6.45, 7) is 1.90. The Morgan fingerprint density at radius 2 is 2.17 bits per heavy atom. The first-order valence-corrected chi connectivity index (χ1v) is 4.23. The summed E-state index contributed by atoms with van der Waals surface area (Å²) in [6, 6.07) is 0. The summed E-state index contributed by atoms with van der Waals surface area (Å²) in [4.78, 5) is 0. The predicted molar refractivity (Wildman–Crippen MR) is 42.6 cm³/mol. The van der Waals surface area contributed by atoms with Crippen molar-refractivity contribution in [3.63, 3.8) is 0 Å². The van der Waals surface area contributed by atoms with Crippen LogP contribution in [0.2, 0.25) is 0 Å². The Kier molecular flexibility index (Phi) is 3.46. The van der Waals surface area contributed by atoms with Gasteiger partial charge < -0.3 is 19.7 Å². The molecule has 0 aromatic heterocycles. The second kappa shape index (κ2) is 4.18. The summed E-state index contributed by atoms with van der Waals surface area (Å²) in [5, 5.41) is 18.8. The quantitative estimate of drug-likeness (QED) is 0.616. The second-order valence-electron chi connectivity index (χ2n) is 3.04. The molecular formula is C8H16O4. The molecule has 0 aromatic rings. The minimum Gasteiger partial charge on any atom is -0.390 e. The average molecular weight is 176 g/mol. The zero-order valence-electron chi connectivity index (χ0n) is 7.43. The average Bonchev–Trinajstić information content (AvgIpc) is 2.09. The van der Waals surface area contributed by atoms with Gasteiger partial charge in [0.15, 0.2) is 6.29 Å². The summed E-state index contributed by atoms with van der Waals surface area (Å²) in [6.07, 6.45) is -1.17. The largest absolute Gasteiger partial charge is 0.390 e. The topological polar surface area (TPSA) is 58.9 Å². The van der Waals surface area contributed by atoms with E-state index in [1.54, 1.807) is 0 Å². The van der Waals surface area contributed by atoms with Crippen molar-refractivity contribution in [3.8, 4) is 0 Å². The molecule has 0 amide bonds. The molecule has 1 rings (SSSR count). The standard InChI is InChI=1S/C8H16O4/c1-3-6-8(10)5(9)4-7(11-2)12-6/h5-10H,3-4H2,1-2H3. The lowest BCUT2D eigenvalue weighted by molar-refractivity contribution is -0.242. The van der Waals surface area contributed by atoms with E-state index in [9.17, 15) is 10.2 Å². The van der Waals surface area contributed by atoms with E-state index < -0.39 is 12.2 Å². The highest BCUT2D eigenvalue weighted by Crippen LogP contribution is 2.22. The Labute approximate surface area is 72.1 Å². The van der Waals surface area contributed by atoms with Crippen LogP contribution in [0.4, 0.5) is 0 Å². The van der Waals surface area contributed by atoms with E-state index in [4.69, 9.17) is 9.47 Å². The lowest BCUT2D eigenvalue weighted by Crippen LogP contribution is -2.48. The van der Waals surface area contributed by atoms with Crippen LogP contribution >= 0.6 is 0 Å². The van der Waals surface area contributed by atoms with Crippen LogP contribution in [0.5, 0.6) is 0 Å². The number of hydrogen-bond donors (Lipinski definition) is 2. The van der Waals surface area contributed by atoms with Gasteiger partial charge in [-0.15, -0.1) is 0 Å². The van der Waals surface area contributed by atoms with Gasteiger partial charge in [0.2, 0.25) is 0 Å². The van der Waals surface area contributed by atoms with E-state index in [0.717, 1.165) is 0 Å². The first-order valence-electron chi connectivity index (χ1n) is 4.23. The van der Waals surface area contributed by atoms with Gasteiger partial charge in [-0.1, -0.05) is 6.92 Å². The van der Waals surface area contributed by atoms with Crippen LogP contribution < -0.4 is 0 Å². The van der Waals surface area contributed by atoms with Gasteiger partial charge in [-0.05, 0) is 6.42 Å². The van der Waals surface area contributed by atoms with Crippen molar-refractivity contribution in [2.75, 3.05) is 7.11 Å². The van der Waals surface area contributed by atoms with Crippen molar-refractivity contribution in [2.24, 2.45) is 0 Å². The van der Waals surface area contributed by atoms with E-state index in [0.29, 0.717) is 12.8 Å². The molecule has 4 nitrogen and oxygen atoms in total. The SMILES string of the molecule is CCC1OC(OC)CC(O)C1O. The summed E-state index contributed by atoms with van der Waals surface area (Å²) in [7, 11) is 1.53. The van der Waals surface area contributed by atoms with Gasteiger partial charge in [-0.25, -0.2) is 0 Å². The Morgan fingerprint density at radius 3 is 2.67 bits per heavy atom. The molecule has 0 aromatic carbocycles. The molecule has 1 aliphatic rings. The molecule has 2 N–H and O–H groups in total. The minimum absolute atomic E-state index is 0.307. The van der Waals surface area contributed by atoms with Crippen LogP contribution in [-0.4, -0.2) is 41.9 Å². The highest BCUT2D eigenvalue weighted by molar-refractivity contribution is 4.81. The van der Waals surface area contributed by atoms with E-state index in [1.807, 2.05) is 6.92 Å². The molecular weight excluding hydrogens is 160 g/mol. The number of aliphatic hydroxyl groups excluding tert-OH is 2. The van der Waals surface area contributed by atoms with Crippen molar-refractivity contribution < 1.29 is 19.7 Å². The molecule has 4 heteroatoms.